The quantitative estimate of drug-likeness (QED) is 0.558. The molecule has 0 aromatic heterocycles. The molecule has 0 spiro atoms. The molecule has 16 heavy (non-hydrogen) atoms. The van der Waals surface area contributed by atoms with Crippen LogP contribution in [0.4, 0.5) is 0 Å². The first-order valence-corrected chi connectivity index (χ1v) is 5.74. The lowest BCUT2D eigenvalue weighted by Crippen LogP contribution is -2.04. The van der Waals surface area contributed by atoms with Gasteiger partial charge in [0.05, 0.1) is 0 Å². The molecule has 0 N–H and O–H groups in total. The molecule has 0 saturated heterocycles. The standard InChI is InChI=1S/C14H16O2/c1-11(15)16-14-10-6-5-9-13(14)12-7-3-2-4-8-12/h5-7,9-10H,2-4,8H2,1H3. The molecule has 0 unspecified atom stereocenters. The Hall–Kier alpha value is -1.57. The van der Waals surface area contributed by atoms with E-state index in [2.05, 4.69) is 6.08 Å². The minimum atomic E-state index is -0.260. The normalized spacial score (nSPS) is 15.4. The van der Waals surface area contributed by atoms with Crippen molar-refractivity contribution >= 4 is 11.5 Å². The second-order valence-electron chi connectivity index (χ2n) is 4.06. The Kier molecular flexibility index (Phi) is 3.40. The van der Waals surface area contributed by atoms with Crippen molar-refractivity contribution in [3.05, 3.63) is 35.9 Å². The molecular formula is C14H16O2. The molecule has 1 aliphatic carbocycles. The lowest BCUT2D eigenvalue weighted by atomic mass is 9.93. The fraction of sp³-hybridized carbons (Fsp3) is 0.357. The van der Waals surface area contributed by atoms with E-state index in [0.717, 1.165) is 18.4 Å². The summed E-state index contributed by atoms with van der Waals surface area (Å²) in [7, 11) is 0. The van der Waals surface area contributed by atoms with Crippen molar-refractivity contribution in [1.82, 2.24) is 0 Å². The monoisotopic (exact) mass is 216 g/mol. The summed E-state index contributed by atoms with van der Waals surface area (Å²) >= 11 is 0. The van der Waals surface area contributed by atoms with E-state index in [4.69, 9.17) is 4.74 Å². The van der Waals surface area contributed by atoms with Crippen LogP contribution in [0.2, 0.25) is 0 Å². The van der Waals surface area contributed by atoms with Gasteiger partial charge in [0.15, 0.2) is 0 Å². The molecule has 0 atom stereocenters. The smallest absolute Gasteiger partial charge is 0.308 e. The number of esters is 1. The van der Waals surface area contributed by atoms with E-state index >= 15 is 0 Å². The highest BCUT2D eigenvalue weighted by molar-refractivity contribution is 5.76. The second-order valence-corrected chi connectivity index (χ2v) is 4.06. The number of carbonyl (C=O) groups is 1. The average molecular weight is 216 g/mol. The fourth-order valence-electron chi connectivity index (χ4n) is 2.06. The van der Waals surface area contributed by atoms with Crippen LogP contribution in [-0.4, -0.2) is 5.97 Å². The number of hydrogen-bond acceptors (Lipinski definition) is 2. The van der Waals surface area contributed by atoms with Gasteiger partial charge in [-0.1, -0.05) is 24.3 Å². The van der Waals surface area contributed by atoms with Crippen molar-refractivity contribution in [3.63, 3.8) is 0 Å². The van der Waals surface area contributed by atoms with Crippen LogP contribution in [0.15, 0.2) is 30.3 Å². The minimum absolute atomic E-state index is 0.260. The van der Waals surface area contributed by atoms with Crippen LogP contribution in [0, 0.1) is 0 Å². The van der Waals surface area contributed by atoms with Crippen LogP contribution in [0.1, 0.15) is 38.2 Å². The molecule has 0 bridgehead atoms. The Morgan fingerprint density at radius 2 is 2.06 bits per heavy atom. The van der Waals surface area contributed by atoms with E-state index < -0.39 is 0 Å². The van der Waals surface area contributed by atoms with Crippen LogP contribution in [0.5, 0.6) is 5.75 Å². The predicted molar refractivity (Wildman–Crippen MR) is 64.2 cm³/mol. The summed E-state index contributed by atoms with van der Waals surface area (Å²) in [6.07, 6.45) is 6.95. The number of ether oxygens (including phenoxy) is 1. The van der Waals surface area contributed by atoms with Crippen LogP contribution in [0.25, 0.3) is 5.57 Å². The molecule has 1 aliphatic rings. The molecule has 0 heterocycles. The van der Waals surface area contributed by atoms with Crippen molar-refractivity contribution in [2.45, 2.75) is 32.6 Å². The highest BCUT2D eigenvalue weighted by Gasteiger charge is 2.11. The van der Waals surface area contributed by atoms with Gasteiger partial charge in [0.25, 0.3) is 0 Å². The topological polar surface area (TPSA) is 26.3 Å². The van der Waals surface area contributed by atoms with Crippen LogP contribution in [0.3, 0.4) is 0 Å². The van der Waals surface area contributed by atoms with Crippen molar-refractivity contribution in [2.75, 3.05) is 0 Å². The van der Waals surface area contributed by atoms with Gasteiger partial charge in [0.1, 0.15) is 5.75 Å². The van der Waals surface area contributed by atoms with Crippen molar-refractivity contribution in [3.8, 4) is 5.75 Å². The predicted octanol–water partition coefficient (Wildman–Crippen LogP) is 3.57. The summed E-state index contributed by atoms with van der Waals surface area (Å²) in [6.45, 7) is 1.44. The summed E-state index contributed by atoms with van der Waals surface area (Å²) < 4.78 is 5.22. The molecule has 2 rings (SSSR count). The summed E-state index contributed by atoms with van der Waals surface area (Å²) in [5.74, 6) is 0.423. The molecule has 2 nitrogen and oxygen atoms in total. The molecule has 0 aliphatic heterocycles. The van der Waals surface area contributed by atoms with E-state index in [-0.39, 0.29) is 5.97 Å². The van der Waals surface area contributed by atoms with Gasteiger partial charge < -0.3 is 4.74 Å². The third kappa shape index (κ3) is 2.51. The maximum Gasteiger partial charge on any atom is 0.308 e. The number of rotatable bonds is 2. The Labute approximate surface area is 95.9 Å². The van der Waals surface area contributed by atoms with E-state index in [9.17, 15) is 4.79 Å². The molecule has 1 aromatic carbocycles. The molecule has 0 radical (unpaired) electrons. The molecule has 2 heteroatoms. The molecule has 0 fully saturated rings. The van der Waals surface area contributed by atoms with E-state index in [1.807, 2.05) is 24.3 Å². The Morgan fingerprint density at radius 3 is 2.75 bits per heavy atom. The number of hydrogen-bond donors (Lipinski definition) is 0. The van der Waals surface area contributed by atoms with Gasteiger partial charge >= 0.3 is 5.97 Å². The Morgan fingerprint density at radius 1 is 1.25 bits per heavy atom. The van der Waals surface area contributed by atoms with Crippen molar-refractivity contribution in [2.24, 2.45) is 0 Å². The minimum Gasteiger partial charge on any atom is -0.426 e. The number of para-hydroxylation sites is 1. The van der Waals surface area contributed by atoms with Crippen LogP contribution >= 0.6 is 0 Å². The molecule has 0 saturated carbocycles. The highest BCUT2D eigenvalue weighted by Crippen LogP contribution is 2.32. The third-order valence-corrected chi connectivity index (χ3v) is 2.78. The van der Waals surface area contributed by atoms with Gasteiger partial charge in [0, 0.05) is 12.5 Å². The molecule has 84 valence electrons. The fourth-order valence-corrected chi connectivity index (χ4v) is 2.06. The summed E-state index contributed by atoms with van der Waals surface area (Å²) in [5, 5.41) is 0. The number of allylic oxidation sites excluding steroid dienone is 2. The average Bonchev–Trinajstić information content (AvgIpc) is 2.30. The lowest BCUT2D eigenvalue weighted by Gasteiger charge is -2.15. The van der Waals surface area contributed by atoms with Gasteiger partial charge in [0.2, 0.25) is 0 Å². The summed E-state index contributed by atoms with van der Waals surface area (Å²) in [4.78, 5) is 11.0. The van der Waals surface area contributed by atoms with Crippen LogP contribution < -0.4 is 4.74 Å². The maximum atomic E-state index is 11.0. The zero-order valence-corrected chi connectivity index (χ0v) is 9.53. The Balaban J connectivity index is 2.31. The largest absolute Gasteiger partial charge is 0.426 e. The van der Waals surface area contributed by atoms with Gasteiger partial charge in [-0.2, -0.15) is 0 Å². The van der Waals surface area contributed by atoms with E-state index in [1.54, 1.807) is 0 Å². The van der Waals surface area contributed by atoms with Crippen molar-refractivity contribution < 1.29 is 9.53 Å². The van der Waals surface area contributed by atoms with E-state index in [1.165, 1.54) is 25.3 Å². The van der Waals surface area contributed by atoms with Gasteiger partial charge in [-0.05, 0) is 37.3 Å². The van der Waals surface area contributed by atoms with Crippen LogP contribution in [-0.2, 0) is 4.79 Å². The second kappa shape index (κ2) is 4.97. The van der Waals surface area contributed by atoms with Crippen molar-refractivity contribution in [1.29, 1.82) is 0 Å². The molecular weight excluding hydrogens is 200 g/mol. The summed E-state index contributed by atoms with van der Waals surface area (Å²) in [5.41, 5.74) is 2.38. The van der Waals surface area contributed by atoms with Gasteiger partial charge in [-0.3, -0.25) is 4.79 Å². The molecule has 0 amide bonds. The number of carbonyl (C=O) groups excluding carboxylic acids is 1. The first-order valence-electron chi connectivity index (χ1n) is 5.74. The number of benzene rings is 1. The van der Waals surface area contributed by atoms with Gasteiger partial charge in [-0.15, -0.1) is 0 Å². The first-order chi connectivity index (χ1) is 7.77. The SMILES string of the molecule is CC(=O)Oc1ccccc1C1=CCCCC1. The zero-order chi connectivity index (χ0) is 11.4. The van der Waals surface area contributed by atoms with E-state index in [0.29, 0.717) is 5.75 Å². The molecule has 1 aromatic rings. The third-order valence-electron chi connectivity index (χ3n) is 2.78. The maximum absolute atomic E-state index is 11.0. The zero-order valence-electron chi connectivity index (χ0n) is 9.53. The van der Waals surface area contributed by atoms with Gasteiger partial charge in [-0.25, -0.2) is 0 Å². The highest BCUT2D eigenvalue weighted by atomic mass is 16.5. The first kappa shape index (κ1) is 10.9. The Bertz CT molecular complexity index is 418. The lowest BCUT2D eigenvalue weighted by molar-refractivity contribution is -0.131. The summed E-state index contributed by atoms with van der Waals surface area (Å²) in [6, 6.07) is 7.75.